The van der Waals surface area contributed by atoms with Crippen molar-refractivity contribution >= 4 is 34.0 Å². The van der Waals surface area contributed by atoms with Gasteiger partial charge in [-0.1, -0.05) is 11.6 Å². The predicted octanol–water partition coefficient (Wildman–Crippen LogP) is 5.23. The molecule has 0 fully saturated rings. The van der Waals surface area contributed by atoms with Crippen molar-refractivity contribution in [3.63, 3.8) is 0 Å². The van der Waals surface area contributed by atoms with Crippen molar-refractivity contribution < 1.29 is 4.74 Å². The van der Waals surface area contributed by atoms with Gasteiger partial charge in [0.05, 0.1) is 17.9 Å². The maximum Gasteiger partial charge on any atom is 0.145 e. The van der Waals surface area contributed by atoms with E-state index < -0.39 is 0 Å². The number of fused-ring (bicyclic) bond motifs is 1. The lowest BCUT2D eigenvalue weighted by molar-refractivity contribution is 0.476. The summed E-state index contributed by atoms with van der Waals surface area (Å²) in [6.45, 7) is 3.93. The molecule has 1 N–H and O–H groups in total. The Labute approximate surface area is 161 Å². The normalized spacial score (nSPS) is 10.8. The quantitative estimate of drug-likeness (QED) is 0.491. The second-order valence-corrected chi connectivity index (χ2v) is 6.48. The fourth-order valence-corrected chi connectivity index (χ4v) is 2.81. The summed E-state index contributed by atoms with van der Waals surface area (Å²) >= 11 is 6.01. The van der Waals surface area contributed by atoms with Gasteiger partial charge in [-0.25, -0.2) is 15.0 Å². The lowest BCUT2D eigenvalue weighted by Crippen LogP contribution is -1.97. The zero-order valence-corrected chi connectivity index (χ0v) is 15.5. The van der Waals surface area contributed by atoms with Gasteiger partial charge < -0.3 is 10.1 Å². The van der Waals surface area contributed by atoms with Gasteiger partial charge in [-0.15, -0.1) is 0 Å². The lowest BCUT2D eigenvalue weighted by Gasteiger charge is -2.12. The first-order valence-electron chi connectivity index (χ1n) is 8.33. The number of ether oxygens (including phenoxy) is 1. The zero-order valence-electron chi connectivity index (χ0n) is 14.8. The summed E-state index contributed by atoms with van der Waals surface area (Å²) in [5, 5.41) is 4.51. The van der Waals surface area contributed by atoms with Crippen LogP contribution in [0.4, 0.5) is 11.5 Å². The molecule has 1 aromatic carbocycles. The predicted molar refractivity (Wildman–Crippen MR) is 106 cm³/mol. The molecule has 0 unspecified atom stereocenters. The third-order valence-electron chi connectivity index (χ3n) is 4.04. The molecule has 0 bridgehead atoms. The Kier molecular flexibility index (Phi) is 4.56. The number of aryl methyl sites for hydroxylation is 2. The lowest BCUT2D eigenvalue weighted by atomic mass is 10.2. The molecule has 4 aromatic rings. The molecule has 0 aliphatic rings. The van der Waals surface area contributed by atoms with E-state index in [1.807, 2.05) is 44.2 Å². The molecule has 0 radical (unpaired) electrons. The average Bonchev–Trinajstić information content (AvgIpc) is 2.66. The average molecular weight is 378 g/mol. The monoisotopic (exact) mass is 377 g/mol. The van der Waals surface area contributed by atoms with Crippen molar-refractivity contribution in [1.82, 2.24) is 19.9 Å². The van der Waals surface area contributed by atoms with Crippen LogP contribution in [0.5, 0.6) is 11.5 Å². The molecule has 0 saturated carbocycles. The van der Waals surface area contributed by atoms with Crippen LogP contribution in [0.2, 0.25) is 5.15 Å². The molecule has 6 nitrogen and oxygen atoms in total. The highest BCUT2D eigenvalue weighted by Gasteiger charge is 2.08. The van der Waals surface area contributed by atoms with Gasteiger partial charge in [0.25, 0.3) is 0 Å². The highest BCUT2D eigenvalue weighted by Crippen LogP contribution is 2.29. The van der Waals surface area contributed by atoms with E-state index in [1.165, 1.54) is 6.33 Å². The smallest absolute Gasteiger partial charge is 0.145 e. The number of hydrogen-bond acceptors (Lipinski definition) is 6. The van der Waals surface area contributed by atoms with Crippen LogP contribution in [0.25, 0.3) is 10.9 Å². The standard InChI is InChI=1S/C20H16ClN5O/c1-12-7-14(4-6-18(12)27-15-5-3-13(2)22-9-15)26-20-16-8-19(21)23-10-17(16)24-11-25-20/h3-11H,1-2H3,(H,24,25,26). The van der Waals surface area contributed by atoms with Crippen LogP contribution in [-0.2, 0) is 0 Å². The van der Waals surface area contributed by atoms with Gasteiger partial charge in [0, 0.05) is 16.8 Å². The number of rotatable bonds is 4. The molecule has 0 aliphatic heterocycles. The van der Waals surface area contributed by atoms with E-state index in [9.17, 15) is 0 Å². The molecule has 134 valence electrons. The highest BCUT2D eigenvalue weighted by molar-refractivity contribution is 6.30. The van der Waals surface area contributed by atoms with Crippen molar-refractivity contribution in [3.05, 3.63) is 71.5 Å². The first-order chi connectivity index (χ1) is 13.1. The van der Waals surface area contributed by atoms with Crippen LogP contribution >= 0.6 is 11.6 Å². The maximum absolute atomic E-state index is 6.01. The third-order valence-corrected chi connectivity index (χ3v) is 4.24. The number of nitrogens with zero attached hydrogens (tertiary/aromatic N) is 4. The minimum Gasteiger partial charge on any atom is -0.455 e. The highest BCUT2D eigenvalue weighted by atomic mass is 35.5. The number of pyridine rings is 2. The summed E-state index contributed by atoms with van der Waals surface area (Å²) in [5.74, 6) is 2.14. The number of halogens is 1. The molecule has 27 heavy (non-hydrogen) atoms. The Balaban J connectivity index is 1.60. The number of benzene rings is 1. The fourth-order valence-electron chi connectivity index (χ4n) is 2.65. The molecule has 3 heterocycles. The first-order valence-corrected chi connectivity index (χ1v) is 8.71. The van der Waals surface area contributed by atoms with Crippen LogP contribution in [0, 0.1) is 13.8 Å². The second kappa shape index (κ2) is 7.17. The van der Waals surface area contributed by atoms with E-state index in [-0.39, 0.29) is 0 Å². The molecule has 0 spiro atoms. The van der Waals surface area contributed by atoms with Gasteiger partial charge >= 0.3 is 0 Å². The minimum absolute atomic E-state index is 0.395. The molecular weight excluding hydrogens is 362 g/mol. The van der Waals surface area contributed by atoms with Crippen molar-refractivity contribution in [3.8, 4) is 11.5 Å². The summed E-state index contributed by atoms with van der Waals surface area (Å²) in [6, 6.07) is 11.4. The van der Waals surface area contributed by atoms with E-state index in [0.29, 0.717) is 16.7 Å². The Hall–Kier alpha value is -3.25. The van der Waals surface area contributed by atoms with E-state index in [4.69, 9.17) is 16.3 Å². The summed E-state index contributed by atoms with van der Waals surface area (Å²) < 4.78 is 5.91. The SMILES string of the molecule is Cc1ccc(Oc2ccc(Nc3ncnc4cnc(Cl)cc34)cc2C)cn1. The summed E-state index contributed by atoms with van der Waals surface area (Å²) in [7, 11) is 0. The minimum atomic E-state index is 0.395. The van der Waals surface area contributed by atoms with Crippen molar-refractivity contribution in [2.24, 2.45) is 0 Å². The van der Waals surface area contributed by atoms with Crippen LogP contribution in [0.15, 0.2) is 55.1 Å². The number of anilines is 2. The van der Waals surface area contributed by atoms with Crippen LogP contribution < -0.4 is 10.1 Å². The van der Waals surface area contributed by atoms with Gasteiger partial charge in [-0.05, 0) is 55.8 Å². The van der Waals surface area contributed by atoms with E-state index in [2.05, 4.69) is 25.3 Å². The number of hydrogen-bond donors (Lipinski definition) is 1. The maximum atomic E-state index is 6.01. The van der Waals surface area contributed by atoms with Crippen LogP contribution in [0.1, 0.15) is 11.3 Å². The first kappa shape index (κ1) is 17.2. The molecule has 0 amide bonds. The van der Waals surface area contributed by atoms with Crippen molar-refractivity contribution in [2.45, 2.75) is 13.8 Å². The van der Waals surface area contributed by atoms with Gasteiger partial charge in [0.15, 0.2) is 0 Å². The zero-order chi connectivity index (χ0) is 18.8. The molecular formula is C20H16ClN5O. The Morgan fingerprint density at radius 2 is 1.81 bits per heavy atom. The van der Waals surface area contributed by atoms with Crippen LogP contribution in [-0.4, -0.2) is 19.9 Å². The Bertz CT molecular complexity index is 1120. The largest absolute Gasteiger partial charge is 0.455 e. The second-order valence-electron chi connectivity index (χ2n) is 6.09. The Morgan fingerprint density at radius 3 is 2.59 bits per heavy atom. The topological polar surface area (TPSA) is 72.8 Å². The molecule has 4 rings (SSSR count). The van der Waals surface area contributed by atoms with Crippen molar-refractivity contribution in [1.29, 1.82) is 0 Å². The number of aromatic nitrogens is 4. The van der Waals surface area contributed by atoms with E-state index >= 15 is 0 Å². The van der Waals surface area contributed by atoms with Gasteiger partial charge in [-0.3, -0.25) is 4.98 Å². The molecule has 0 aliphatic carbocycles. The van der Waals surface area contributed by atoms with Crippen LogP contribution in [0.3, 0.4) is 0 Å². The summed E-state index contributed by atoms with van der Waals surface area (Å²) in [6.07, 6.45) is 4.84. The fraction of sp³-hybridized carbons (Fsp3) is 0.100. The van der Waals surface area contributed by atoms with E-state index in [0.717, 1.165) is 33.6 Å². The van der Waals surface area contributed by atoms with E-state index in [1.54, 1.807) is 18.5 Å². The Morgan fingerprint density at radius 1 is 0.926 bits per heavy atom. The van der Waals surface area contributed by atoms with Gasteiger partial charge in [-0.2, -0.15) is 0 Å². The van der Waals surface area contributed by atoms with Gasteiger partial charge in [0.1, 0.15) is 28.8 Å². The molecule has 0 saturated heterocycles. The van der Waals surface area contributed by atoms with Crippen molar-refractivity contribution in [2.75, 3.05) is 5.32 Å². The summed E-state index contributed by atoms with van der Waals surface area (Å²) in [4.78, 5) is 16.8. The number of nitrogens with one attached hydrogen (secondary N) is 1. The summed E-state index contributed by atoms with van der Waals surface area (Å²) in [5.41, 5.74) is 3.54. The molecule has 0 atom stereocenters. The molecule has 3 aromatic heterocycles. The molecule has 7 heteroatoms. The van der Waals surface area contributed by atoms with Gasteiger partial charge in [0.2, 0.25) is 0 Å². The third kappa shape index (κ3) is 3.80.